The van der Waals surface area contributed by atoms with Crippen LogP contribution in [0.2, 0.25) is 23.3 Å². The Bertz CT molecular complexity index is 1520. The average molecular weight is 710 g/mol. The number of anilines is 1. The zero-order valence-corrected chi connectivity index (χ0v) is 32.1. The summed E-state index contributed by atoms with van der Waals surface area (Å²) in [6, 6.07) is -0.0141. The second-order valence-corrected chi connectivity index (χ2v) is 21.5. The number of halogens is 2. The highest BCUT2D eigenvalue weighted by atomic mass is 35.5. The minimum Gasteiger partial charge on any atom is -0.480 e. The van der Waals surface area contributed by atoms with E-state index in [1.165, 1.54) is 7.11 Å². The van der Waals surface area contributed by atoms with Crippen molar-refractivity contribution in [3.63, 3.8) is 0 Å². The Kier molecular flexibility index (Phi) is 10.2. The molecular formula is C34H53ClFN5O6Si. The van der Waals surface area contributed by atoms with E-state index < -0.39 is 25.3 Å². The first kappa shape index (κ1) is 36.8. The van der Waals surface area contributed by atoms with E-state index in [-0.39, 0.29) is 51.8 Å². The molecule has 3 fully saturated rings. The molecule has 3 atom stereocenters. The lowest BCUT2D eigenvalue weighted by molar-refractivity contribution is -0.0282. The molecule has 268 valence electrons. The fourth-order valence-electron chi connectivity index (χ4n) is 7.16. The van der Waals surface area contributed by atoms with Gasteiger partial charge < -0.3 is 33.2 Å². The van der Waals surface area contributed by atoms with E-state index >= 15 is 4.39 Å². The molecule has 2 aromatic heterocycles. The predicted octanol–water partition coefficient (Wildman–Crippen LogP) is 7.39. The second-order valence-electron chi connectivity index (χ2n) is 16.4. The largest absolute Gasteiger partial charge is 0.480 e. The van der Waals surface area contributed by atoms with Gasteiger partial charge in [-0.1, -0.05) is 38.8 Å². The maximum Gasteiger partial charge on any atom is 0.410 e. The summed E-state index contributed by atoms with van der Waals surface area (Å²) in [5.74, 6) is -0.257. The Balaban J connectivity index is 1.51. The van der Waals surface area contributed by atoms with Gasteiger partial charge >= 0.3 is 12.1 Å². The van der Waals surface area contributed by atoms with E-state index in [9.17, 15) is 4.79 Å². The van der Waals surface area contributed by atoms with Crippen LogP contribution in [0.3, 0.4) is 0 Å². The fraction of sp³-hybridized carbons (Fsp3) is 0.765. The van der Waals surface area contributed by atoms with E-state index in [2.05, 4.69) is 50.8 Å². The van der Waals surface area contributed by atoms with Crippen molar-refractivity contribution in [3.05, 3.63) is 11.0 Å². The monoisotopic (exact) mass is 709 g/mol. The summed E-state index contributed by atoms with van der Waals surface area (Å²) >= 11 is 6.25. The topological polar surface area (TPSA) is 108 Å². The van der Waals surface area contributed by atoms with Crippen LogP contribution in [0.15, 0.2) is 0 Å². The van der Waals surface area contributed by atoms with E-state index in [1.807, 2.05) is 30.6 Å². The lowest BCUT2D eigenvalue weighted by Crippen LogP contribution is -2.55. The van der Waals surface area contributed by atoms with Gasteiger partial charge in [-0.3, -0.25) is 0 Å². The Morgan fingerprint density at radius 2 is 1.81 bits per heavy atom. The van der Waals surface area contributed by atoms with Gasteiger partial charge in [0.2, 0.25) is 5.88 Å². The van der Waals surface area contributed by atoms with Gasteiger partial charge in [0, 0.05) is 31.1 Å². The summed E-state index contributed by atoms with van der Waals surface area (Å²) in [6.45, 7) is 21.3. The average Bonchev–Trinajstić information content (AvgIpc) is 3.32. The van der Waals surface area contributed by atoms with E-state index in [4.69, 9.17) is 40.0 Å². The number of hydrogen-bond donors (Lipinski definition) is 0. The maximum absolute atomic E-state index is 15.8. The first-order valence-electron chi connectivity index (χ1n) is 17.0. The van der Waals surface area contributed by atoms with Crippen LogP contribution in [-0.4, -0.2) is 98.1 Å². The Morgan fingerprint density at radius 3 is 2.48 bits per heavy atom. The van der Waals surface area contributed by atoms with Crippen LogP contribution in [-0.2, 0) is 13.9 Å². The lowest BCUT2D eigenvalue weighted by atomic mass is 9.75. The van der Waals surface area contributed by atoms with Crippen molar-refractivity contribution in [1.82, 2.24) is 19.9 Å². The standard InChI is InChI=1S/C34H53ClFN5O6Si/c1-31(2,3)46-30(42)41-16-12-15-34(14-11-13-22(34)41)21-45-29-37-25-23(28(43-8)38-26(35)24(25)36)27(39-29)40-17-18-44-20-33(7,19-40)47-48(9,10)32(4,5)6/h22H,11-21H2,1-10H3/t22-,33?,34-/m1/s1. The summed E-state index contributed by atoms with van der Waals surface area (Å²) < 4.78 is 46.7. The molecule has 1 unspecified atom stereocenters. The van der Waals surface area contributed by atoms with Crippen LogP contribution in [0.4, 0.5) is 15.0 Å². The normalized spacial score (nSPS) is 25.5. The predicted molar refractivity (Wildman–Crippen MR) is 186 cm³/mol. The minimum atomic E-state index is -2.20. The van der Waals surface area contributed by atoms with Gasteiger partial charge in [0.25, 0.3) is 0 Å². The Hall–Kier alpha value is -2.48. The zero-order chi connectivity index (χ0) is 35.3. The molecule has 1 saturated carbocycles. The number of aromatic nitrogens is 3. The van der Waals surface area contributed by atoms with E-state index in [1.54, 1.807) is 0 Å². The third-order valence-corrected chi connectivity index (χ3v) is 15.2. The first-order chi connectivity index (χ1) is 22.3. The minimum absolute atomic E-state index is 0.0154. The molecule has 0 N–H and O–H groups in total. The number of methoxy groups -OCH3 is 1. The van der Waals surface area contributed by atoms with Crippen molar-refractivity contribution in [2.75, 3.05) is 51.5 Å². The number of piperidine rings is 1. The lowest BCUT2D eigenvalue weighted by Gasteiger charge is -2.46. The molecule has 5 rings (SSSR count). The molecule has 3 aliphatic rings. The van der Waals surface area contributed by atoms with Gasteiger partial charge in [0.15, 0.2) is 19.3 Å². The number of amides is 1. The summed E-state index contributed by atoms with van der Waals surface area (Å²) in [4.78, 5) is 30.8. The SMILES string of the molecule is COc1nc(Cl)c(F)c2nc(OC[C@]34CCC[C@H]3N(C(=O)OC(C)(C)C)CCC4)nc(N3CCOCC(C)(O[Si](C)(C)C(C)(C)C)C3)c12. The van der Waals surface area contributed by atoms with Gasteiger partial charge in [0.1, 0.15) is 22.3 Å². The Labute approximate surface area is 290 Å². The van der Waals surface area contributed by atoms with Crippen molar-refractivity contribution < 1.29 is 32.6 Å². The highest BCUT2D eigenvalue weighted by Gasteiger charge is 2.51. The van der Waals surface area contributed by atoms with Crippen molar-refractivity contribution in [2.24, 2.45) is 5.41 Å². The molecule has 14 heteroatoms. The van der Waals surface area contributed by atoms with Crippen LogP contribution in [0.1, 0.15) is 80.6 Å². The second kappa shape index (κ2) is 13.3. The number of nitrogens with zero attached hydrogens (tertiary/aromatic N) is 5. The molecule has 0 spiro atoms. The molecule has 0 bridgehead atoms. The van der Waals surface area contributed by atoms with Crippen molar-refractivity contribution >= 4 is 42.7 Å². The molecule has 11 nitrogen and oxygen atoms in total. The van der Waals surface area contributed by atoms with Crippen molar-refractivity contribution in [2.45, 2.75) is 116 Å². The number of carbonyl (C=O) groups excluding carboxylic acids is 1. The Morgan fingerprint density at radius 1 is 1.10 bits per heavy atom. The molecule has 1 aliphatic carbocycles. The van der Waals surface area contributed by atoms with Gasteiger partial charge in [-0.25, -0.2) is 9.18 Å². The summed E-state index contributed by atoms with van der Waals surface area (Å²) in [7, 11) is -0.747. The highest BCUT2D eigenvalue weighted by Crippen LogP contribution is 2.49. The quantitative estimate of drug-likeness (QED) is 0.213. The fourth-order valence-corrected chi connectivity index (χ4v) is 8.99. The van der Waals surface area contributed by atoms with Crippen LogP contribution >= 0.6 is 11.6 Å². The summed E-state index contributed by atoms with van der Waals surface area (Å²) in [6.07, 6.45) is 4.14. The summed E-state index contributed by atoms with van der Waals surface area (Å²) in [5.41, 5.74) is -1.60. The zero-order valence-electron chi connectivity index (χ0n) is 30.3. The van der Waals surface area contributed by atoms with Crippen LogP contribution in [0, 0.1) is 11.2 Å². The van der Waals surface area contributed by atoms with Gasteiger partial charge in [-0.05, 0) is 71.5 Å². The molecule has 0 radical (unpaired) electrons. The first-order valence-corrected chi connectivity index (χ1v) is 20.3. The number of ether oxygens (including phenoxy) is 4. The molecule has 2 aliphatic heterocycles. The molecule has 2 aromatic rings. The number of hydrogen-bond acceptors (Lipinski definition) is 10. The van der Waals surface area contributed by atoms with Crippen molar-refractivity contribution in [3.8, 4) is 11.9 Å². The number of pyridine rings is 1. The van der Waals surface area contributed by atoms with E-state index in [0.29, 0.717) is 44.1 Å². The molecule has 0 aromatic carbocycles. The number of rotatable bonds is 7. The van der Waals surface area contributed by atoms with Crippen LogP contribution in [0.25, 0.3) is 10.9 Å². The van der Waals surface area contributed by atoms with Crippen LogP contribution in [0.5, 0.6) is 11.9 Å². The maximum atomic E-state index is 15.8. The number of carbonyl (C=O) groups is 1. The third kappa shape index (κ3) is 7.48. The van der Waals surface area contributed by atoms with Gasteiger partial charge in [-0.2, -0.15) is 15.0 Å². The molecule has 1 amide bonds. The molecule has 2 saturated heterocycles. The highest BCUT2D eigenvalue weighted by molar-refractivity contribution is 6.74. The molecular weight excluding hydrogens is 657 g/mol. The van der Waals surface area contributed by atoms with Crippen molar-refractivity contribution in [1.29, 1.82) is 0 Å². The van der Waals surface area contributed by atoms with Crippen LogP contribution < -0.4 is 14.4 Å². The number of fused-ring (bicyclic) bond motifs is 2. The third-order valence-electron chi connectivity index (χ3n) is 10.3. The number of likely N-dealkylation sites (tertiary alicyclic amines) is 1. The van der Waals surface area contributed by atoms with Gasteiger partial charge in [-0.15, -0.1) is 0 Å². The van der Waals surface area contributed by atoms with Gasteiger partial charge in [0.05, 0.1) is 32.5 Å². The molecule has 48 heavy (non-hydrogen) atoms. The van der Waals surface area contributed by atoms with E-state index in [0.717, 1.165) is 32.1 Å². The smallest absolute Gasteiger partial charge is 0.410 e. The summed E-state index contributed by atoms with van der Waals surface area (Å²) in [5, 5.41) is -0.0673. The molecule has 4 heterocycles.